The number of hydrogen-bond acceptors (Lipinski definition) is 1. The molecule has 80 valence electrons. The van der Waals surface area contributed by atoms with Crippen LogP contribution in [0.5, 0.6) is 0 Å². The Morgan fingerprint density at radius 2 is 2.27 bits per heavy atom. The molecule has 0 spiro atoms. The third-order valence-corrected chi connectivity index (χ3v) is 3.26. The fourth-order valence-electron chi connectivity index (χ4n) is 2.27. The number of aryl methyl sites for hydroxylation is 1. The minimum absolute atomic E-state index is 0.358. The first kappa shape index (κ1) is 10.1. The highest BCUT2D eigenvalue weighted by atomic mass is 19.1. The Labute approximate surface area is 87.7 Å². The first-order valence-electron chi connectivity index (χ1n) is 5.06. The van der Waals surface area contributed by atoms with Gasteiger partial charge in [0.25, 0.3) is 0 Å². The maximum Gasteiger partial charge on any atom is 0.313 e. The Bertz CT molecular complexity index is 414. The van der Waals surface area contributed by atoms with Crippen LogP contribution in [-0.2, 0) is 16.6 Å². The van der Waals surface area contributed by atoms with Crippen LogP contribution in [0.4, 0.5) is 4.39 Å². The van der Waals surface area contributed by atoms with E-state index in [1.54, 1.807) is 13.0 Å². The molecule has 1 unspecified atom stereocenters. The number of carbonyl (C=O) groups is 1. The summed E-state index contributed by atoms with van der Waals surface area (Å²) in [6.45, 7) is 1.67. The summed E-state index contributed by atoms with van der Waals surface area (Å²) in [5.74, 6) is -1.22. The van der Waals surface area contributed by atoms with Crippen LogP contribution < -0.4 is 0 Å². The molecule has 2 nitrogen and oxygen atoms in total. The molecule has 1 aliphatic carbocycles. The zero-order chi connectivity index (χ0) is 11.1. The van der Waals surface area contributed by atoms with Gasteiger partial charge in [-0.15, -0.1) is 0 Å². The predicted molar refractivity (Wildman–Crippen MR) is 54.3 cm³/mol. The molecule has 1 aromatic rings. The third kappa shape index (κ3) is 1.52. The van der Waals surface area contributed by atoms with Gasteiger partial charge in [-0.3, -0.25) is 4.79 Å². The molecule has 2 rings (SSSR count). The van der Waals surface area contributed by atoms with E-state index in [1.165, 1.54) is 12.1 Å². The third-order valence-electron chi connectivity index (χ3n) is 3.26. The van der Waals surface area contributed by atoms with Crippen molar-refractivity contribution in [1.82, 2.24) is 0 Å². The van der Waals surface area contributed by atoms with Gasteiger partial charge in [0.1, 0.15) is 5.82 Å². The Hall–Kier alpha value is -1.38. The lowest BCUT2D eigenvalue weighted by Crippen LogP contribution is -2.36. The molecule has 0 fully saturated rings. The summed E-state index contributed by atoms with van der Waals surface area (Å²) >= 11 is 0. The molecule has 3 heteroatoms. The Balaban J connectivity index is 2.59. The van der Waals surface area contributed by atoms with Gasteiger partial charge in [0.15, 0.2) is 0 Å². The van der Waals surface area contributed by atoms with Crippen LogP contribution in [-0.4, -0.2) is 11.1 Å². The number of carboxylic acids is 1. The second kappa shape index (κ2) is 3.33. The van der Waals surface area contributed by atoms with Gasteiger partial charge in [0.05, 0.1) is 5.41 Å². The van der Waals surface area contributed by atoms with Crippen LogP contribution in [0.3, 0.4) is 0 Å². The molecule has 1 aromatic carbocycles. The van der Waals surface area contributed by atoms with E-state index in [4.69, 9.17) is 0 Å². The second-order valence-electron chi connectivity index (χ2n) is 4.29. The largest absolute Gasteiger partial charge is 0.481 e. The summed E-state index contributed by atoms with van der Waals surface area (Å²) in [7, 11) is 0. The van der Waals surface area contributed by atoms with Crippen molar-refractivity contribution >= 4 is 5.97 Å². The van der Waals surface area contributed by atoms with E-state index >= 15 is 0 Å². The number of rotatable bonds is 1. The molecule has 0 saturated carbocycles. The lowest BCUT2D eigenvalue weighted by molar-refractivity contribution is -0.143. The predicted octanol–water partition coefficient (Wildman–Crippen LogP) is 2.50. The molecule has 0 saturated heterocycles. The van der Waals surface area contributed by atoms with Crippen molar-refractivity contribution in [3.05, 3.63) is 35.1 Å². The second-order valence-corrected chi connectivity index (χ2v) is 4.29. The monoisotopic (exact) mass is 208 g/mol. The summed E-state index contributed by atoms with van der Waals surface area (Å²) in [6.07, 6.45) is 2.28. The van der Waals surface area contributed by atoms with Crippen LogP contribution >= 0.6 is 0 Å². The molecule has 1 aliphatic rings. The quantitative estimate of drug-likeness (QED) is 0.769. The van der Waals surface area contributed by atoms with Crippen LogP contribution in [0.15, 0.2) is 18.2 Å². The van der Waals surface area contributed by atoms with E-state index in [0.717, 1.165) is 18.4 Å². The molecule has 0 heterocycles. The highest BCUT2D eigenvalue weighted by Crippen LogP contribution is 2.37. The molecular weight excluding hydrogens is 195 g/mol. The van der Waals surface area contributed by atoms with Crippen LogP contribution in [0.25, 0.3) is 0 Å². The smallest absolute Gasteiger partial charge is 0.313 e. The maximum absolute atomic E-state index is 13.1. The molecule has 1 atom stereocenters. The van der Waals surface area contributed by atoms with Crippen LogP contribution in [0, 0.1) is 5.82 Å². The van der Waals surface area contributed by atoms with Gasteiger partial charge in [-0.05, 0) is 49.4 Å². The van der Waals surface area contributed by atoms with Gasteiger partial charge in [0, 0.05) is 0 Å². The van der Waals surface area contributed by atoms with E-state index in [2.05, 4.69) is 0 Å². The minimum atomic E-state index is -0.921. The zero-order valence-electron chi connectivity index (χ0n) is 8.59. The molecular formula is C12H13FO2. The number of hydrogen-bond donors (Lipinski definition) is 1. The highest BCUT2D eigenvalue weighted by Gasteiger charge is 2.39. The normalized spacial score (nSPS) is 24.7. The van der Waals surface area contributed by atoms with Gasteiger partial charge >= 0.3 is 5.97 Å². The molecule has 0 radical (unpaired) electrons. The van der Waals surface area contributed by atoms with Crippen LogP contribution in [0.2, 0.25) is 0 Å². The van der Waals surface area contributed by atoms with E-state index in [0.29, 0.717) is 12.0 Å². The lowest BCUT2D eigenvalue weighted by atomic mass is 9.71. The van der Waals surface area contributed by atoms with Crippen molar-refractivity contribution < 1.29 is 14.3 Å². The average molecular weight is 208 g/mol. The van der Waals surface area contributed by atoms with Gasteiger partial charge in [-0.1, -0.05) is 6.07 Å². The van der Waals surface area contributed by atoms with Gasteiger partial charge in [0.2, 0.25) is 0 Å². The molecule has 0 aromatic heterocycles. The van der Waals surface area contributed by atoms with E-state index in [-0.39, 0.29) is 5.82 Å². The molecule has 0 bridgehead atoms. The summed E-state index contributed by atoms with van der Waals surface area (Å²) < 4.78 is 13.1. The zero-order valence-corrected chi connectivity index (χ0v) is 8.59. The molecule has 1 N–H and O–H groups in total. The van der Waals surface area contributed by atoms with E-state index < -0.39 is 11.4 Å². The Morgan fingerprint density at radius 1 is 1.53 bits per heavy atom. The first-order chi connectivity index (χ1) is 7.04. The van der Waals surface area contributed by atoms with Gasteiger partial charge < -0.3 is 5.11 Å². The lowest BCUT2D eigenvalue weighted by Gasteiger charge is -2.32. The summed E-state index contributed by atoms with van der Waals surface area (Å²) in [5, 5.41) is 9.21. The van der Waals surface area contributed by atoms with Crippen molar-refractivity contribution in [2.45, 2.75) is 31.6 Å². The SMILES string of the molecule is CC1(C(=O)O)CCCc2ccc(F)cc21. The topological polar surface area (TPSA) is 37.3 Å². The number of carboxylic acid groups (broad SMARTS) is 1. The highest BCUT2D eigenvalue weighted by molar-refractivity contribution is 5.81. The van der Waals surface area contributed by atoms with Crippen molar-refractivity contribution in [1.29, 1.82) is 0 Å². The standard InChI is InChI=1S/C12H13FO2/c1-12(11(14)15)6-2-3-8-4-5-9(13)7-10(8)12/h4-5,7H,2-3,6H2,1H3,(H,14,15). The van der Waals surface area contributed by atoms with Crippen LogP contribution in [0.1, 0.15) is 30.9 Å². The number of fused-ring (bicyclic) bond motifs is 1. The van der Waals surface area contributed by atoms with Gasteiger partial charge in [-0.2, -0.15) is 0 Å². The maximum atomic E-state index is 13.1. The van der Waals surface area contributed by atoms with Gasteiger partial charge in [-0.25, -0.2) is 4.39 Å². The average Bonchev–Trinajstić information content (AvgIpc) is 2.19. The molecule has 15 heavy (non-hydrogen) atoms. The molecule has 0 amide bonds. The van der Waals surface area contributed by atoms with Crippen molar-refractivity contribution in [3.63, 3.8) is 0 Å². The van der Waals surface area contributed by atoms with Crippen molar-refractivity contribution in [2.75, 3.05) is 0 Å². The summed E-state index contributed by atoms with van der Waals surface area (Å²) in [5.41, 5.74) is 0.684. The van der Waals surface area contributed by atoms with Crippen molar-refractivity contribution in [2.24, 2.45) is 0 Å². The number of halogens is 1. The summed E-state index contributed by atoms with van der Waals surface area (Å²) in [6, 6.07) is 4.46. The Kier molecular flexibility index (Phi) is 2.25. The fourth-order valence-corrected chi connectivity index (χ4v) is 2.27. The molecule has 0 aliphatic heterocycles. The van der Waals surface area contributed by atoms with Crippen molar-refractivity contribution in [3.8, 4) is 0 Å². The minimum Gasteiger partial charge on any atom is -0.481 e. The Morgan fingerprint density at radius 3 is 2.93 bits per heavy atom. The van der Waals surface area contributed by atoms with E-state index in [9.17, 15) is 14.3 Å². The number of benzene rings is 1. The fraction of sp³-hybridized carbons (Fsp3) is 0.417. The summed E-state index contributed by atoms with van der Waals surface area (Å²) in [4.78, 5) is 11.2. The number of aliphatic carboxylic acids is 1. The van der Waals surface area contributed by atoms with E-state index in [1.807, 2.05) is 0 Å². The first-order valence-corrected chi connectivity index (χ1v) is 5.06.